The van der Waals surface area contributed by atoms with Crippen LogP contribution in [0.3, 0.4) is 0 Å². The molecule has 21 heavy (non-hydrogen) atoms. The molecular formula is C16H27BrN4. The molecule has 5 heteroatoms. The summed E-state index contributed by atoms with van der Waals surface area (Å²) in [4.78, 5) is 9.46. The summed E-state index contributed by atoms with van der Waals surface area (Å²) in [6.07, 6.45) is 5.58. The molecule has 1 saturated heterocycles. The summed E-state index contributed by atoms with van der Waals surface area (Å²) in [5.41, 5.74) is 1.27. The highest BCUT2D eigenvalue weighted by molar-refractivity contribution is 9.10. The normalized spacial score (nSPS) is 19.7. The Bertz CT molecular complexity index is 452. The van der Waals surface area contributed by atoms with Crippen molar-refractivity contribution in [1.82, 2.24) is 15.2 Å². The van der Waals surface area contributed by atoms with Crippen LogP contribution in [-0.2, 0) is 6.54 Å². The van der Waals surface area contributed by atoms with E-state index in [1.165, 1.54) is 24.9 Å². The molecule has 0 aromatic carbocycles. The Labute approximate surface area is 137 Å². The Morgan fingerprint density at radius 2 is 2.33 bits per heavy atom. The fraction of sp³-hybridized carbons (Fsp3) is 0.688. The number of hydrogen-bond acceptors (Lipinski definition) is 4. The molecule has 1 atom stereocenters. The lowest BCUT2D eigenvalue weighted by Crippen LogP contribution is -2.45. The maximum absolute atomic E-state index is 4.68. The van der Waals surface area contributed by atoms with E-state index in [1.54, 1.807) is 0 Å². The van der Waals surface area contributed by atoms with Gasteiger partial charge < -0.3 is 15.1 Å². The lowest BCUT2D eigenvalue weighted by molar-refractivity contribution is 0.247. The van der Waals surface area contributed by atoms with E-state index in [2.05, 4.69) is 63.1 Å². The van der Waals surface area contributed by atoms with Gasteiger partial charge in [-0.15, -0.1) is 0 Å². The smallest absolute Gasteiger partial charge is 0.133 e. The molecule has 0 bridgehead atoms. The number of hydrogen-bond donors (Lipinski definition) is 1. The second kappa shape index (κ2) is 8.11. The number of nitrogens with one attached hydrogen (secondary N) is 1. The molecule has 0 aliphatic carbocycles. The topological polar surface area (TPSA) is 31.4 Å². The molecular weight excluding hydrogens is 328 g/mol. The van der Waals surface area contributed by atoms with Crippen LogP contribution in [0.4, 0.5) is 5.82 Å². The van der Waals surface area contributed by atoms with Crippen molar-refractivity contribution in [3.8, 4) is 0 Å². The van der Waals surface area contributed by atoms with Crippen molar-refractivity contribution in [1.29, 1.82) is 0 Å². The second-order valence-corrected chi connectivity index (χ2v) is 6.90. The monoisotopic (exact) mass is 354 g/mol. The minimum absolute atomic E-state index is 0.558. The number of aromatic nitrogens is 1. The third kappa shape index (κ3) is 4.66. The summed E-state index contributed by atoms with van der Waals surface area (Å²) in [5.74, 6) is 1.11. The molecule has 1 aliphatic heterocycles. The SMILES string of the molecule is CCCNCc1cc(Br)cnc1N(C)C1CCCN(C)C1. The van der Waals surface area contributed by atoms with Gasteiger partial charge in [0.25, 0.3) is 0 Å². The van der Waals surface area contributed by atoms with Crippen LogP contribution in [-0.4, -0.2) is 49.7 Å². The number of likely N-dealkylation sites (N-methyl/N-ethyl adjacent to an activating group) is 2. The zero-order valence-electron chi connectivity index (χ0n) is 13.4. The van der Waals surface area contributed by atoms with E-state index in [9.17, 15) is 0 Å². The number of rotatable bonds is 6. The van der Waals surface area contributed by atoms with E-state index >= 15 is 0 Å². The fourth-order valence-corrected chi connectivity index (χ4v) is 3.33. The first-order valence-corrected chi connectivity index (χ1v) is 8.67. The Morgan fingerprint density at radius 3 is 3.05 bits per heavy atom. The van der Waals surface area contributed by atoms with Gasteiger partial charge in [0.05, 0.1) is 0 Å². The molecule has 1 N–H and O–H groups in total. The van der Waals surface area contributed by atoms with Crippen molar-refractivity contribution in [2.45, 2.75) is 38.8 Å². The van der Waals surface area contributed by atoms with Crippen LogP contribution in [0.5, 0.6) is 0 Å². The second-order valence-electron chi connectivity index (χ2n) is 5.98. The number of pyridine rings is 1. The van der Waals surface area contributed by atoms with Crippen molar-refractivity contribution < 1.29 is 0 Å². The Morgan fingerprint density at radius 1 is 1.52 bits per heavy atom. The van der Waals surface area contributed by atoms with Crippen LogP contribution in [0.2, 0.25) is 0 Å². The van der Waals surface area contributed by atoms with Gasteiger partial charge in [0, 0.05) is 42.4 Å². The molecule has 0 amide bonds. The third-order valence-electron chi connectivity index (χ3n) is 4.13. The Kier molecular flexibility index (Phi) is 6.45. The first-order chi connectivity index (χ1) is 10.1. The van der Waals surface area contributed by atoms with Gasteiger partial charge in [-0.3, -0.25) is 0 Å². The van der Waals surface area contributed by atoms with Gasteiger partial charge in [-0.1, -0.05) is 6.92 Å². The molecule has 0 saturated carbocycles. The van der Waals surface area contributed by atoms with Gasteiger partial charge >= 0.3 is 0 Å². The predicted octanol–water partition coefficient (Wildman–Crippen LogP) is 2.87. The molecule has 1 aliphatic rings. The average molecular weight is 355 g/mol. The minimum Gasteiger partial charge on any atom is -0.355 e. The Hall–Kier alpha value is -0.650. The van der Waals surface area contributed by atoms with Gasteiger partial charge in [-0.05, 0) is 61.4 Å². The molecule has 4 nitrogen and oxygen atoms in total. The molecule has 1 unspecified atom stereocenters. The Balaban J connectivity index is 2.12. The molecule has 1 aromatic heterocycles. The summed E-state index contributed by atoms with van der Waals surface area (Å²) >= 11 is 3.54. The van der Waals surface area contributed by atoms with E-state index < -0.39 is 0 Å². The number of piperidine rings is 1. The van der Waals surface area contributed by atoms with Gasteiger partial charge in [-0.2, -0.15) is 0 Å². The maximum atomic E-state index is 4.68. The van der Waals surface area contributed by atoms with Gasteiger partial charge in [0.1, 0.15) is 5.82 Å². The highest BCUT2D eigenvalue weighted by atomic mass is 79.9. The highest BCUT2D eigenvalue weighted by Crippen LogP contribution is 2.25. The van der Waals surface area contributed by atoms with E-state index in [-0.39, 0.29) is 0 Å². The van der Waals surface area contributed by atoms with Crippen molar-refractivity contribution in [3.63, 3.8) is 0 Å². The quantitative estimate of drug-likeness (QED) is 0.796. The molecule has 2 heterocycles. The summed E-state index contributed by atoms with van der Waals surface area (Å²) < 4.78 is 1.05. The molecule has 1 fully saturated rings. The van der Waals surface area contributed by atoms with Crippen LogP contribution >= 0.6 is 15.9 Å². The fourth-order valence-electron chi connectivity index (χ4n) is 2.95. The number of likely N-dealkylation sites (tertiary alicyclic amines) is 1. The standard InChI is InChI=1S/C16H27BrN4/c1-4-7-18-10-13-9-14(17)11-19-16(13)21(3)15-6-5-8-20(2)12-15/h9,11,15,18H,4-8,10,12H2,1-3H3. The van der Waals surface area contributed by atoms with Crippen LogP contribution in [0.1, 0.15) is 31.7 Å². The third-order valence-corrected chi connectivity index (χ3v) is 4.57. The molecule has 0 radical (unpaired) electrons. The lowest BCUT2D eigenvalue weighted by atomic mass is 10.0. The zero-order valence-corrected chi connectivity index (χ0v) is 15.0. The molecule has 1 aromatic rings. The summed E-state index contributed by atoms with van der Waals surface area (Å²) in [6.45, 7) is 6.44. The lowest BCUT2D eigenvalue weighted by Gasteiger charge is -2.37. The van der Waals surface area contributed by atoms with E-state index in [1.807, 2.05) is 6.20 Å². The summed E-state index contributed by atoms with van der Waals surface area (Å²) in [6, 6.07) is 2.75. The van der Waals surface area contributed by atoms with Crippen molar-refractivity contribution in [2.75, 3.05) is 38.6 Å². The highest BCUT2D eigenvalue weighted by Gasteiger charge is 2.23. The zero-order chi connectivity index (χ0) is 15.2. The maximum Gasteiger partial charge on any atom is 0.133 e. The number of nitrogens with zero attached hydrogens (tertiary/aromatic N) is 3. The van der Waals surface area contributed by atoms with Gasteiger partial charge in [0.15, 0.2) is 0 Å². The van der Waals surface area contributed by atoms with E-state index in [0.29, 0.717) is 6.04 Å². The predicted molar refractivity (Wildman–Crippen MR) is 92.9 cm³/mol. The average Bonchev–Trinajstić information content (AvgIpc) is 2.47. The number of halogens is 1. The molecule has 2 rings (SSSR count). The van der Waals surface area contributed by atoms with Crippen LogP contribution in [0.25, 0.3) is 0 Å². The molecule has 118 valence electrons. The van der Waals surface area contributed by atoms with Crippen molar-refractivity contribution in [2.24, 2.45) is 0 Å². The van der Waals surface area contributed by atoms with Crippen molar-refractivity contribution in [3.05, 3.63) is 22.3 Å². The summed E-state index contributed by atoms with van der Waals surface area (Å²) in [5, 5.41) is 3.49. The van der Waals surface area contributed by atoms with Crippen molar-refractivity contribution >= 4 is 21.7 Å². The summed E-state index contributed by atoms with van der Waals surface area (Å²) in [7, 11) is 4.39. The van der Waals surface area contributed by atoms with Gasteiger partial charge in [0.2, 0.25) is 0 Å². The first kappa shape index (κ1) is 16.7. The largest absolute Gasteiger partial charge is 0.355 e. The van der Waals surface area contributed by atoms with Crippen LogP contribution in [0, 0.1) is 0 Å². The molecule has 0 spiro atoms. The van der Waals surface area contributed by atoms with Crippen LogP contribution < -0.4 is 10.2 Å². The van der Waals surface area contributed by atoms with E-state index in [4.69, 9.17) is 0 Å². The van der Waals surface area contributed by atoms with Crippen LogP contribution in [0.15, 0.2) is 16.7 Å². The van der Waals surface area contributed by atoms with E-state index in [0.717, 1.165) is 36.3 Å². The number of anilines is 1. The minimum atomic E-state index is 0.558. The first-order valence-electron chi connectivity index (χ1n) is 7.88. The van der Waals surface area contributed by atoms with Gasteiger partial charge in [-0.25, -0.2) is 4.98 Å².